The lowest BCUT2D eigenvalue weighted by molar-refractivity contribution is -0.139. The maximum absolute atomic E-state index is 13.5. The molecule has 0 aliphatic heterocycles. The molecule has 178 valence electrons. The van der Waals surface area contributed by atoms with E-state index in [1.165, 1.54) is 11.8 Å². The Morgan fingerprint density at radius 3 is 2.24 bits per heavy atom. The lowest BCUT2D eigenvalue weighted by Gasteiger charge is -2.31. The standard InChI is InChI=1S/C27H28Cl2N2O2S/c1-19-9-6-7-12-21(19)16-31(25(27(33)30-2)15-20-10-4-3-5-11-20)26(32)18-34-17-22-23(28)13-8-14-24(22)29/h3-14,25H,15-18H2,1-2H3,(H,30,33). The number of nitrogens with one attached hydrogen (secondary N) is 1. The number of aryl methyl sites for hydroxylation is 1. The summed E-state index contributed by atoms with van der Waals surface area (Å²) in [6.45, 7) is 2.36. The molecular formula is C27H28Cl2N2O2S. The van der Waals surface area contributed by atoms with E-state index in [1.807, 2.05) is 61.5 Å². The fourth-order valence-corrected chi connectivity index (χ4v) is 5.33. The van der Waals surface area contributed by atoms with E-state index in [4.69, 9.17) is 23.2 Å². The van der Waals surface area contributed by atoms with E-state index in [9.17, 15) is 9.59 Å². The van der Waals surface area contributed by atoms with Gasteiger partial charge in [0.15, 0.2) is 0 Å². The van der Waals surface area contributed by atoms with E-state index < -0.39 is 6.04 Å². The Bertz CT molecular complexity index is 1100. The maximum atomic E-state index is 13.5. The summed E-state index contributed by atoms with van der Waals surface area (Å²) >= 11 is 14.0. The van der Waals surface area contributed by atoms with Crippen LogP contribution in [0.2, 0.25) is 10.0 Å². The number of nitrogens with zero attached hydrogens (tertiary/aromatic N) is 1. The third-order valence-corrected chi connectivity index (χ3v) is 7.31. The van der Waals surface area contributed by atoms with Crippen molar-refractivity contribution < 1.29 is 9.59 Å². The van der Waals surface area contributed by atoms with Gasteiger partial charge in [0.05, 0.1) is 5.75 Å². The molecule has 0 saturated carbocycles. The minimum Gasteiger partial charge on any atom is -0.357 e. The first-order valence-electron chi connectivity index (χ1n) is 11.0. The van der Waals surface area contributed by atoms with Gasteiger partial charge in [0.1, 0.15) is 6.04 Å². The molecule has 1 atom stereocenters. The van der Waals surface area contributed by atoms with Gasteiger partial charge in [-0.15, -0.1) is 11.8 Å². The quantitative estimate of drug-likeness (QED) is 0.365. The van der Waals surface area contributed by atoms with Gasteiger partial charge in [0, 0.05) is 35.8 Å². The number of rotatable bonds is 10. The Morgan fingerprint density at radius 2 is 1.59 bits per heavy atom. The molecule has 0 fully saturated rings. The molecule has 0 heterocycles. The zero-order chi connectivity index (χ0) is 24.5. The van der Waals surface area contributed by atoms with Gasteiger partial charge in [-0.2, -0.15) is 0 Å². The summed E-state index contributed by atoms with van der Waals surface area (Å²) in [6, 6.07) is 22.4. The lowest BCUT2D eigenvalue weighted by atomic mass is 10.0. The van der Waals surface area contributed by atoms with Crippen molar-refractivity contribution in [3.8, 4) is 0 Å². The van der Waals surface area contributed by atoms with Crippen LogP contribution in [0.1, 0.15) is 22.3 Å². The van der Waals surface area contributed by atoms with Crippen LogP contribution in [-0.4, -0.2) is 35.6 Å². The normalized spacial score (nSPS) is 11.6. The van der Waals surface area contributed by atoms with Gasteiger partial charge in [-0.1, -0.05) is 83.9 Å². The first-order valence-corrected chi connectivity index (χ1v) is 12.9. The van der Waals surface area contributed by atoms with Gasteiger partial charge in [0.25, 0.3) is 0 Å². The van der Waals surface area contributed by atoms with Crippen molar-refractivity contribution in [3.63, 3.8) is 0 Å². The van der Waals surface area contributed by atoms with Crippen LogP contribution >= 0.6 is 35.0 Å². The molecule has 34 heavy (non-hydrogen) atoms. The van der Waals surface area contributed by atoms with Crippen LogP contribution < -0.4 is 5.32 Å². The van der Waals surface area contributed by atoms with Gasteiger partial charge in [-0.3, -0.25) is 9.59 Å². The monoisotopic (exact) mass is 514 g/mol. The summed E-state index contributed by atoms with van der Waals surface area (Å²) in [4.78, 5) is 28.2. The average Bonchev–Trinajstić information content (AvgIpc) is 2.84. The summed E-state index contributed by atoms with van der Waals surface area (Å²) in [5.41, 5.74) is 3.89. The summed E-state index contributed by atoms with van der Waals surface area (Å²) in [5.74, 6) is 0.410. The molecule has 0 aromatic heterocycles. The number of thioether (sulfide) groups is 1. The van der Waals surface area contributed by atoms with E-state index in [0.717, 1.165) is 22.3 Å². The summed E-state index contributed by atoms with van der Waals surface area (Å²) in [5, 5.41) is 3.90. The summed E-state index contributed by atoms with van der Waals surface area (Å²) in [6.07, 6.45) is 0.430. The molecule has 1 unspecified atom stereocenters. The van der Waals surface area contributed by atoms with Gasteiger partial charge >= 0.3 is 0 Å². The molecule has 7 heteroatoms. The average molecular weight is 516 g/mol. The van der Waals surface area contributed by atoms with Crippen LogP contribution in [-0.2, 0) is 28.3 Å². The molecule has 4 nitrogen and oxygen atoms in total. The highest BCUT2D eigenvalue weighted by molar-refractivity contribution is 7.99. The summed E-state index contributed by atoms with van der Waals surface area (Å²) in [7, 11) is 1.60. The highest BCUT2D eigenvalue weighted by Crippen LogP contribution is 2.28. The van der Waals surface area contributed by atoms with Crippen LogP contribution in [0, 0.1) is 6.92 Å². The topological polar surface area (TPSA) is 49.4 Å². The molecule has 0 aliphatic rings. The van der Waals surface area contributed by atoms with Crippen molar-refractivity contribution in [1.82, 2.24) is 10.2 Å². The molecule has 3 aromatic rings. The second kappa shape index (κ2) is 12.8. The second-order valence-corrected chi connectivity index (χ2v) is 9.76. The smallest absolute Gasteiger partial charge is 0.242 e. The largest absolute Gasteiger partial charge is 0.357 e. The zero-order valence-corrected chi connectivity index (χ0v) is 21.6. The molecular weight excluding hydrogens is 487 g/mol. The highest BCUT2D eigenvalue weighted by Gasteiger charge is 2.30. The third kappa shape index (κ3) is 7.02. The van der Waals surface area contributed by atoms with Gasteiger partial charge in [0.2, 0.25) is 11.8 Å². The van der Waals surface area contributed by atoms with Crippen LogP contribution in [0.15, 0.2) is 72.8 Å². The number of carbonyl (C=O) groups is 2. The predicted octanol–water partition coefficient (Wildman–Crippen LogP) is 5.92. The van der Waals surface area contributed by atoms with E-state index in [-0.39, 0.29) is 17.6 Å². The Labute approximate surface area is 215 Å². The molecule has 0 bridgehead atoms. The van der Waals surface area contributed by atoms with Crippen molar-refractivity contribution in [2.24, 2.45) is 0 Å². The molecule has 0 aliphatic carbocycles. The molecule has 3 rings (SSSR count). The lowest BCUT2D eigenvalue weighted by Crippen LogP contribution is -2.50. The van der Waals surface area contributed by atoms with Gasteiger partial charge < -0.3 is 10.2 Å². The molecule has 3 aromatic carbocycles. The number of halogens is 2. The van der Waals surface area contributed by atoms with Crippen molar-refractivity contribution in [1.29, 1.82) is 0 Å². The van der Waals surface area contributed by atoms with Crippen molar-refractivity contribution in [2.45, 2.75) is 31.7 Å². The predicted molar refractivity (Wildman–Crippen MR) is 142 cm³/mol. The minimum absolute atomic E-state index is 0.110. The minimum atomic E-state index is -0.635. The van der Waals surface area contributed by atoms with Crippen molar-refractivity contribution in [2.75, 3.05) is 12.8 Å². The highest BCUT2D eigenvalue weighted by atomic mass is 35.5. The SMILES string of the molecule is CNC(=O)C(Cc1ccccc1)N(Cc1ccccc1C)C(=O)CSCc1c(Cl)cccc1Cl. The molecule has 2 amide bonds. The first-order chi connectivity index (χ1) is 16.4. The van der Waals surface area contributed by atoms with E-state index in [0.29, 0.717) is 28.8 Å². The number of amides is 2. The maximum Gasteiger partial charge on any atom is 0.242 e. The van der Waals surface area contributed by atoms with Crippen LogP contribution in [0.3, 0.4) is 0 Å². The summed E-state index contributed by atoms with van der Waals surface area (Å²) < 4.78 is 0. The number of hydrogen-bond donors (Lipinski definition) is 1. The molecule has 0 radical (unpaired) electrons. The fraction of sp³-hybridized carbons (Fsp3) is 0.259. The number of hydrogen-bond acceptors (Lipinski definition) is 3. The van der Waals surface area contributed by atoms with Crippen molar-refractivity contribution >= 4 is 46.8 Å². The van der Waals surface area contributed by atoms with Gasteiger partial charge in [-0.05, 0) is 41.3 Å². The third-order valence-electron chi connectivity index (χ3n) is 5.65. The molecule has 0 saturated heterocycles. The zero-order valence-electron chi connectivity index (χ0n) is 19.3. The van der Waals surface area contributed by atoms with Crippen LogP contribution in [0.5, 0.6) is 0 Å². The Kier molecular flexibility index (Phi) is 9.87. The number of carbonyl (C=O) groups excluding carboxylic acids is 2. The Hall–Kier alpha value is -2.47. The van der Waals surface area contributed by atoms with Crippen LogP contribution in [0.25, 0.3) is 0 Å². The molecule has 1 N–H and O–H groups in total. The number of likely N-dealkylation sites (N-methyl/N-ethyl adjacent to an activating group) is 1. The molecule has 0 spiro atoms. The Balaban J connectivity index is 1.84. The first kappa shape index (κ1) is 26.1. The van der Waals surface area contributed by atoms with E-state index in [1.54, 1.807) is 30.1 Å². The van der Waals surface area contributed by atoms with Gasteiger partial charge in [-0.25, -0.2) is 0 Å². The second-order valence-electron chi connectivity index (χ2n) is 7.96. The van der Waals surface area contributed by atoms with E-state index in [2.05, 4.69) is 5.32 Å². The van der Waals surface area contributed by atoms with Crippen molar-refractivity contribution in [3.05, 3.63) is 105 Å². The van der Waals surface area contributed by atoms with Crippen LogP contribution in [0.4, 0.5) is 0 Å². The number of benzene rings is 3. The Morgan fingerprint density at radius 1 is 0.941 bits per heavy atom. The van der Waals surface area contributed by atoms with E-state index >= 15 is 0 Å². The fourth-order valence-electron chi connectivity index (χ4n) is 3.69.